The number of primary amides is 1. The number of rotatable bonds is 6. The van der Waals surface area contributed by atoms with E-state index in [9.17, 15) is 4.79 Å². The summed E-state index contributed by atoms with van der Waals surface area (Å²) in [6.45, 7) is 1.52. The number of hydrogen-bond acceptors (Lipinski definition) is 3. The van der Waals surface area contributed by atoms with E-state index >= 15 is 0 Å². The smallest absolute Gasteiger partial charge is 0.249 e. The van der Waals surface area contributed by atoms with Gasteiger partial charge in [-0.1, -0.05) is 24.3 Å². The van der Waals surface area contributed by atoms with E-state index in [0.29, 0.717) is 12.2 Å². The fourth-order valence-corrected chi connectivity index (χ4v) is 3.69. The van der Waals surface area contributed by atoms with Gasteiger partial charge in [-0.3, -0.25) is 4.79 Å². The molecular weight excluding hydrogens is 326 g/mol. The Hall–Kier alpha value is -2.79. The Balaban J connectivity index is 1.33. The standard InChI is InChI=1S/C21H23N3O2/c22-21(25)17-7-3-9-20-18(17)11-15(13-26-20)23-10-4-5-14-12-24-19-8-2-1-6-16(14)19/h1-3,6-9,12,15,23-24H,4-5,10-11,13H2,(H2,22,25)/t15-/m1/s1. The molecular formula is C21H23N3O2. The van der Waals surface area contributed by atoms with Crippen molar-refractivity contribution in [2.45, 2.75) is 25.3 Å². The summed E-state index contributed by atoms with van der Waals surface area (Å²) in [7, 11) is 0. The van der Waals surface area contributed by atoms with Gasteiger partial charge in [-0.2, -0.15) is 0 Å². The van der Waals surface area contributed by atoms with E-state index in [-0.39, 0.29) is 6.04 Å². The summed E-state index contributed by atoms with van der Waals surface area (Å²) in [5, 5.41) is 4.85. The first-order chi connectivity index (χ1) is 12.7. The predicted molar refractivity (Wildman–Crippen MR) is 103 cm³/mol. The summed E-state index contributed by atoms with van der Waals surface area (Å²) < 4.78 is 5.81. The van der Waals surface area contributed by atoms with Crippen LogP contribution in [0.3, 0.4) is 0 Å². The van der Waals surface area contributed by atoms with Crippen molar-refractivity contribution in [1.82, 2.24) is 10.3 Å². The molecule has 4 rings (SSSR count). The van der Waals surface area contributed by atoms with E-state index in [0.717, 1.165) is 37.1 Å². The Bertz CT molecular complexity index is 932. The Morgan fingerprint density at radius 3 is 3.00 bits per heavy atom. The molecule has 1 aromatic heterocycles. The molecule has 3 aromatic rings. The third-order valence-electron chi connectivity index (χ3n) is 5.02. The summed E-state index contributed by atoms with van der Waals surface area (Å²) in [6.07, 6.45) is 4.93. The molecule has 0 saturated heterocycles. The quantitative estimate of drug-likeness (QED) is 0.599. The van der Waals surface area contributed by atoms with Crippen molar-refractivity contribution in [2.24, 2.45) is 5.73 Å². The Kier molecular flexibility index (Phi) is 4.63. The number of carbonyl (C=O) groups excluding carboxylic acids is 1. The van der Waals surface area contributed by atoms with Crippen molar-refractivity contribution in [3.8, 4) is 5.75 Å². The molecule has 0 spiro atoms. The van der Waals surface area contributed by atoms with Gasteiger partial charge >= 0.3 is 0 Å². The van der Waals surface area contributed by atoms with Crippen molar-refractivity contribution in [1.29, 1.82) is 0 Å². The number of ether oxygens (including phenoxy) is 1. The van der Waals surface area contributed by atoms with Gasteiger partial charge in [-0.15, -0.1) is 0 Å². The number of fused-ring (bicyclic) bond motifs is 2. The van der Waals surface area contributed by atoms with Crippen LogP contribution in [0.1, 0.15) is 27.9 Å². The highest BCUT2D eigenvalue weighted by Crippen LogP contribution is 2.27. The predicted octanol–water partition coefficient (Wildman–Crippen LogP) is 2.79. The zero-order valence-corrected chi connectivity index (χ0v) is 14.6. The van der Waals surface area contributed by atoms with Crippen molar-refractivity contribution >= 4 is 16.8 Å². The molecule has 5 heteroatoms. The fourth-order valence-electron chi connectivity index (χ4n) is 3.69. The molecule has 1 aliphatic rings. The van der Waals surface area contributed by atoms with E-state index in [4.69, 9.17) is 10.5 Å². The van der Waals surface area contributed by atoms with Gasteiger partial charge in [0, 0.05) is 34.3 Å². The molecule has 1 amide bonds. The zero-order chi connectivity index (χ0) is 17.9. The van der Waals surface area contributed by atoms with Crippen LogP contribution in [0.2, 0.25) is 0 Å². The van der Waals surface area contributed by atoms with E-state index < -0.39 is 5.91 Å². The van der Waals surface area contributed by atoms with Gasteiger partial charge in [0.2, 0.25) is 5.91 Å². The van der Waals surface area contributed by atoms with E-state index in [1.54, 1.807) is 6.07 Å². The molecule has 4 N–H and O–H groups in total. The van der Waals surface area contributed by atoms with Crippen LogP contribution in [0, 0.1) is 0 Å². The summed E-state index contributed by atoms with van der Waals surface area (Å²) in [6, 6.07) is 14.1. The number of nitrogens with two attached hydrogens (primary N) is 1. The van der Waals surface area contributed by atoms with E-state index in [1.165, 1.54) is 16.5 Å². The number of aromatic amines is 1. The molecule has 2 heterocycles. The summed E-state index contributed by atoms with van der Waals surface area (Å²) in [5.74, 6) is 0.378. The third-order valence-corrected chi connectivity index (χ3v) is 5.02. The van der Waals surface area contributed by atoms with Crippen LogP contribution in [-0.4, -0.2) is 30.1 Å². The molecule has 134 valence electrons. The average molecular weight is 349 g/mol. The molecule has 2 aromatic carbocycles. The summed E-state index contributed by atoms with van der Waals surface area (Å²) in [5.41, 5.74) is 9.50. The first-order valence-electron chi connectivity index (χ1n) is 9.05. The highest BCUT2D eigenvalue weighted by atomic mass is 16.5. The van der Waals surface area contributed by atoms with Crippen LogP contribution in [0.5, 0.6) is 5.75 Å². The number of hydrogen-bond donors (Lipinski definition) is 3. The van der Waals surface area contributed by atoms with Crippen LogP contribution in [0.4, 0.5) is 0 Å². The summed E-state index contributed by atoms with van der Waals surface area (Å²) >= 11 is 0. The maximum Gasteiger partial charge on any atom is 0.249 e. The minimum Gasteiger partial charge on any atom is -0.492 e. The van der Waals surface area contributed by atoms with Gasteiger partial charge in [0.05, 0.1) is 0 Å². The number of nitrogens with one attached hydrogen (secondary N) is 2. The molecule has 1 aliphatic heterocycles. The molecule has 0 radical (unpaired) electrons. The Labute approximate surface area is 152 Å². The minimum atomic E-state index is -0.398. The van der Waals surface area contributed by atoms with Gasteiger partial charge in [-0.05, 0) is 49.6 Å². The molecule has 5 nitrogen and oxygen atoms in total. The van der Waals surface area contributed by atoms with Crippen molar-refractivity contribution in [3.05, 3.63) is 65.4 Å². The minimum absolute atomic E-state index is 0.200. The number of amides is 1. The lowest BCUT2D eigenvalue weighted by atomic mass is 9.96. The molecule has 0 fully saturated rings. The lowest BCUT2D eigenvalue weighted by Gasteiger charge is -2.27. The maximum atomic E-state index is 11.6. The molecule has 0 aliphatic carbocycles. The summed E-state index contributed by atoms with van der Waals surface area (Å²) in [4.78, 5) is 14.9. The number of benzene rings is 2. The third kappa shape index (κ3) is 3.30. The highest BCUT2D eigenvalue weighted by Gasteiger charge is 2.23. The van der Waals surface area contributed by atoms with Gasteiger partial charge in [0.15, 0.2) is 0 Å². The second-order valence-electron chi connectivity index (χ2n) is 6.78. The molecule has 0 saturated carbocycles. The first-order valence-corrected chi connectivity index (χ1v) is 9.05. The lowest BCUT2D eigenvalue weighted by molar-refractivity contribution is 0.0997. The molecule has 26 heavy (non-hydrogen) atoms. The molecule has 0 bridgehead atoms. The zero-order valence-electron chi connectivity index (χ0n) is 14.6. The van der Waals surface area contributed by atoms with Crippen LogP contribution in [0.15, 0.2) is 48.7 Å². The highest BCUT2D eigenvalue weighted by molar-refractivity contribution is 5.95. The SMILES string of the molecule is NC(=O)c1cccc2c1C[C@@H](NCCCc1c[nH]c3ccccc13)CO2. The van der Waals surface area contributed by atoms with Crippen LogP contribution >= 0.6 is 0 Å². The normalized spacial score (nSPS) is 16.2. The number of aryl methyl sites for hydroxylation is 1. The van der Waals surface area contributed by atoms with Gasteiger partial charge in [0.1, 0.15) is 12.4 Å². The second kappa shape index (κ2) is 7.22. The second-order valence-corrected chi connectivity index (χ2v) is 6.78. The number of carbonyl (C=O) groups is 1. The average Bonchev–Trinajstić information content (AvgIpc) is 3.07. The molecule has 0 unspecified atom stereocenters. The monoisotopic (exact) mass is 349 g/mol. The molecule has 1 atom stereocenters. The van der Waals surface area contributed by atoms with E-state index in [2.05, 4.69) is 34.7 Å². The maximum absolute atomic E-state index is 11.6. The van der Waals surface area contributed by atoms with Crippen LogP contribution in [-0.2, 0) is 12.8 Å². The largest absolute Gasteiger partial charge is 0.492 e. The number of H-pyrrole nitrogens is 1. The van der Waals surface area contributed by atoms with Crippen LogP contribution in [0.25, 0.3) is 10.9 Å². The first kappa shape index (κ1) is 16.7. The van der Waals surface area contributed by atoms with Gasteiger partial charge in [0.25, 0.3) is 0 Å². The van der Waals surface area contributed by atoms with Gasteiger partial charge in [-0.25, -0.2) is 0 Å². The fraction of sp³-hybridized carbons (Fsp3) is 0.286. The van der Waals surface area contributed by atoms with Gasteiger partial charge < -0.3 is 20.8 Å². The lowest BCUT2D eigenvalue weighted by Crippen LogP contribution is -2.40. The van der Waals surface area contributed by atoms with Crippen LogP contribution < -0.4 is 15.8 Å². The number of para-hydroxylation sites is 1. The van der Waals surface area contributed by atoms with Crippen molar-refractivity contribution in [3.63, 3.8) is 0 Å². The topological polar surface area (TPSA) is 80.1 Å². The number of aromatic nitrogens is 1. The Morgan fingerprint density at radius 2 is 2.12 bits per heavy atom. The van der Waals surface area contributed by atoms with Crippen molar-refractivity contribution in [2.75, 3.05) is 13.2 Å². The van der Waals surface area contributed by atoms with E-state index in [1.807, 2.05) is 18.2 Å². The Morgan fingerprint density at radius 1 is 1.23 bits per heavy atom. The van der Waals surface area contributed by atoms with Crippen molar-refractivity contribution < 1.29 is 9.53 Å².